The van der Waals surface area contributed by atoms with Crippen LogP contribution in [-0.4, -0.2) is 26.2 Å². The third-order valence-corrected chi connectivity index (χ3v) is 6.77. The van der Waals surface area contributed by atoms with Crippen molar-refractivity contribution in [3.05, 3.63) is 95.6 Å². The van der Waals surface area contributed by atoms with Gasteiger partial charge in [0.2, 0.25) is 15.9 Å². The van der Waals surface area contributed by atoms with Crippen molar-refractivity contribution in [3.8, 4) is 11.1 Å². The van der Waals surface area contributed by atoms with Gasteiger partial charge in [-0.3, -0.25) is 9.59 Å². The molecule has 34 heavy (non-hydrogen) atoms. The third-order valence-electron chi connectivity index (χ3n) is 5.25. The lowest BCUT2D eigenvalue weighted by molar-refractivity contribution is -0.121. The van der Waals surface area contributed by atoms with Crippen LogP contribution >= 0.6 is 0 Å². The van der Waals surface area contributed by atoms with E-state index in [-0.39, 0.29) is 42.9 Å². The van der Waals surface area contributed by atoms with Gasteiger partial charge in [-0.25, -0.2) is 13.1 Å². The van der Waals surface area contributed by atoms with E-state index in [1.54, 1.807) is 50.2 Å². The van der Waals surface area contributed by atoms with E-state index in [4.69, 9.17) is 0 Å². The molecule has 0 unspecified atom stereocenters. The van der Waals surface area contributed by atoms with E-state index in [0.29, 0.717) is 11.1 Å². The average Bonchev–Trinajstić information content (AvgIpc) is 2.81. The maximum Gasteiger partial charge on any atom is 0.220 e. The standard InChI is InChI=1S/C27H30N2O4S/c1-20(2)29-34(32,33)19-25-11-7-6-10-24(25)18-28-27(31)17-16-26(30)23-14-12-22(13-15-23)21-8-4-3-5-9-21/h3-15,20,29H,16-19H2,1-2H3,(H,28,31). The van der Waals surface area contributed by atoms with E-state index in [2.05, 4.69) is 10.0 Å². The summed E-state index contributed by atoms with van der Waals surface area (Å²) >= 11 is 0. The number of ketones is 1. The van der Waals surface area contributed by atoms with Gasteiger partial charge in [0.25, 0.3) is 0 Å². The summed E-state index contributed by atoms with van der Waals surface area (Å²) in [7, 11) is -3.48. The molecule has 2 N–H and O–H groups in total. The number of carbonyl (C=O) groups is 2. The number of sulfonamides is 1. The molecular formula is C27H30N2O4S. The first-order chi connectivity index (χ1) is 16.2. The van der Waals surface area contributed by atoms with Crippen LogP contribution in [0, 0.1) is 0 Å². The van der Waals surface area contributed by atoms with Crippen LogP contribution in [0.2, 0.25) is 0 Å². The second-order valence-corrected chi connectivity index (χ2v) is 10.2. The molecule has 0 aromatic heterocycles. The molecule has 3 rings (SSSR count). The van der Waals surface area contributed by atoms with Gasteiger partial charge in [-0.1, -0.05) is 78.9 Å². The van der Waals surface area contributed by atoms with Crippen LogP contribution in [0.4, 0.5) is 0 Å². The summed E-state index contributed by atoms with van der Waals surface area (Å²) in [6.07, 6.45) is 0.166. The fraction of sp³-hybridized carbons (Fsp3) is 0.259. The van der Waals surface area contributed by atoms with Crippen molar-refractivity contribution in [2.45, 2.75) is 45.0 Å². The fourth-order valence-corrected chi connectivity index (χ4v) is 5.10. The van der Waals surface area contributed by atoms with Crippen molar-refractivity contribution in [1.29, 1.82) is 0 Å². The summed E-state index contributed by atoms with van der Waals surface area (Å²) in [6, 6.07) is 24.2. The Morgan fingerprint density at radius 2 is 1.35 bits per heavy atom. The Balaban J connectivity index is 1.52. The fourth-order valence-electron chi connectivity index (χ4n) is 3.61. The highest BCUT2D eigenvalue weighted by Gasteiger charge is 2.16. The van der Waals surface area contributed by atoms with Crippen molar-refractivity contribution < 1.29 is 18.0 Å². The van der Waals surface area contributed by atoms with Gasteiger partial charge in [-0.05, 0) is 36.1 Å². The number of hydrogen-bond donors (Lipinski definition) is 2. The van der Waals surface area contributed by atoms with Gasteiger partial charge in [0.15, 0.2) is 5.78 Å². The number of nitrogens with one attached hydrogen (secondary N) is 2. The largest absolute Gasteiger partial charge is 0.352 e. The van der Waals surface area contributed by atoms with Gasteiger partial charge in [-0.2, -0.15) is 0 Å². The molecular weight excluding hydrogens is 448 g/mol. The zero-order valence-corrected chi connectivity index (χ0v) is 20.3. The molecule has 178 valence electrons. The number of rotatable bonds is 11. The van der Waals surface area contributed by atoms with E-state index in [9.17, 15) is 18.0 Å². The molecule has 7 heteroatoms. The second-order valence-electron chi connectivity index (χ2n) is 8.44. The topological polar surface area (TPSA) is 92.3 Å². The van der Waals surface area contributed by atoms with Crippen molar-refractivity contribution in [2.75, 3.05) is 0 Å². The predicted octanol–water partition coefficient (Wildman–Crippen LogP) is 4.46. The van der Waals surface area contributed by atoms with Crippen LogP contribution in [0.3, 0.4) is 0 Å². The quantitative estimate of drug-likeness (QED) is 0.398. The Labute approximate surface area is 201 Å². The maximum atomic E-state index is 12.5. The molecule has 0 saturated carbocycles. The Kier molecular flexibility index (Phi) is 8.73. The van der Waals surface area contributed by atoms with Crippen LogP contribution < -0.4 is 10.0 Å². The first-order valence-electron chi connectivity index (χ1n) is 11.3. The van der Waals surface area contributed by atoms with Crippen LogP contribution in [0.15, 0.2) is 78.9 Å². The van der Waals surface area contributed by atoms with E-state index in [0.717, 1.165) is 16.7 Å². The van der Waals surface area contributed by atoms with Crippen molar-refractivity contribution in [2.24, 2.45) is 0 Å². The molecule has 6 nitrogen and oxygen atoms in total. The van der Waals surface area contributed by atoms with Gasteiger partial charge >= 0.3 is 0 Å². The molecule has 0 aliphatic carbocycles. The third kappa shape index (κ3) is 7.64. The maximum absolute atomic E-state index is 12.5. The van der Waals surface area contributed by atoms with Gasteiger partial charge < -0.3 is 5.32 Å². The SMILES string of the molecule is CC(C)NS(=O)(=O)Cc1ccccc1CNC(=O)CCC(=O)c1ccc(-c2ccccc2)cc1. The van der Waals surface area contributed by atoms with Crippen LogP contribution in [0.25, 0.3) is 11.1 Å². The van der Waals surface area contributed by atoms with Gasteiger partial charge in [0, 0.05) is 31.0 Å². The van der Waals surface area contributed by atoms with E-state index < -0.39 is 10.0 Å². The summed E-state index contributed by atoms with van der Waals surface area (Å²) in [4.78, 5) is 24.9. The van der Waals surface area contributed by atoms with Gasteiger partial charge in [-0.15, -0.1) is 0 Å². The lowest BCUT2D eigenvalue weighted by atomic mass is 10.0. The minimum Gasteiger partial charge on any atom is -0.352 e. The van der Waals surface area contributed by atoms with Crippen molar-refractivity contribution >= 4 is 21.7 Å². The number of hydrogen-bond acceptors (Lipinski definition) is 4. The Bertz CT molecular complexity index is 1220. The lowest BCUT2D eigenvalue weighted by Crippen LogP contribution is -2.32. The monoisotopic (exact) mass is 478 g/mol. The first-order valence-corrected chi connectivity index (χ1v) is 12.9. The van der Waals surface area contributed by atoms with E-state index in [1.165, 1.54) is 0 Å². The van der Waals surface area contributed by atoms with Gasteiger partial charge in [0.1, 0.15) is 0 Å². The smallest absolute Gasteiger partial charge is 0.220 e. The molecule has 3 aromatic carbocycles. The van der Waals surface area contributed by atoms with Crippen LogP contribution in [0.5, 0.6) is 0 Å². The lowest BCUT2D eigenvalue weighted by Gasteiger charge is -2.13. The molecule has 1 amide bonds. The number of carbonyl (C=O) groups excluding carboxylic acids is 2. The van der Waals surface area contributed by atoms with E-state index >= 15 is 0 Å². The van der Waals surface area contributed by atoms with Crippen molar-refractivity contribution in [1.82, 2.24) is 10.0 Å². The second kappa shape index (κ2) is 11.7. The number of amides is 1. The Hall–Kier alpha value is -3.29. The molecule has 0 bridgehead atoms. The molecule has 0 atom stereocenters. The number of benzene rings is 3. The summed E-state index contributed by atoms with van der Waals surface area (Å²) < 4.78 is 27.1. The highest BCUT2D eigenvalue weighted by Crippen LogP contribution is 2.20. The summed E-state index contributed by atoms with van der Waals surface area (Å²) in [6.45, 7) is 3.73. The van der Waals surface area contributed by atoms with Crippen molar-refractivity contribution in [3.63, 3.8) is 0 Å². The van der Waals surface area contributed by atoms with Crippen LogP contribution in [-0.2, 0) is 27.1 Å². The zero-order chi connectivity index (χ0) is 24.6. The van der Waals surface area contributed by atoms with E-state index in [1.807, 2.05) is 42.5 Å². The summed E-state index contributed by atoms with van der Waals surface area (Å²) in [5, 5.41) is 2.80. The Morgan fingerprint density at radius 1 is 0.765 bits per heavy atom. The Morgan fingerprint density at radius 3 is 2.00 bits per heavy atom. The molecule has 0 aliphatic heterocycles. The van der Waals surface area contributed by atoms with Gasteiger partial charge in [0.05, 0.1) is 5.75 Å². The molecule has 0 fully saturated rings. The highest BCUT2D eigenvalue weighted by atomic mass is 32.2. The molecule has 0 aliphatic rings. The molecule has 0 radical (unpaired) electrons. The minimum absolute atomic E-state index is 0.0641. The zero-order valence-electron chi connectivity index (χ0n) is 19.5. The number of Topliss-reactive ketones (excluding diaryl/α,β-unsaturated/α-hetero) is 1. The summed E-state index contributed by atoms with van der Waals surface area (Å²) in [5.41, 5.74) is 4.03. The summed E-state index contributed by atoms with van der Waals surface area (Å²) in [5.74, 6) is -0.512. The molecule has 3 aromatic rings. The molecule has 0 saturated heterocycles. The minimum atomic E-state index is -3.48. The predicted molar refractivity (Wildman–Crippen MR) is 135 cm³/mol. The first kappa shape index (κ1) is 25.3. The molecule has 0 heterocycles. The average molecular weight is 479 g/mol. The normalized spacial score (nSPS) is 11.4. The molecule has 0 spiro atoms. The van der Waals surface area contributed by atoms with Crippen LogP contribution in [0.1, 0.15) is 48.2 Å². The highest BCUT2D eigenvalue weighted by molar-refractivity contribution is 7.88.